The molecule has 1 rings (SSSR count). The number of nitrogens with zero attached hydrogens (tertiary/aromatic N) is 2. The topological polar surface area (TPSA) is 65.9 Å². The van der Waals surface area contributed by atoms with Gasteiger partial charge in [0.05, 0.1) is 5.97 Å². The minimum atomic E-state index is -2.12. The summed E-state index contributed by atoms with van der Waals surface area (Å²) in [5.41, 5.74) is -2.12. The molecule has 1 aromatic heterocycles. The van der Waals surface area contributed by atoms with Gasteiger partial charge >= 0.3 is 0 Å². The molecule has 0 radical (unpaired) electrons. The van der Waals surface area contributed by atoms with E-state index in [1.54, 1.807) is 6.07 Å². The van der Waals surface area contributed by atoms with Crippen molar-refractivity contribution in [2.75, 3.05) is 0 Å². The number of rotatable bonds is 3. The number of aliphatic carboxylic acids is 1. The summed E-state index contributed by atoms with van der Waals surface area (Å²) in [5.74, 6) is -1.77. The number of aromatic nitrogens is 2. The van der Waals surface area contributed by atoms with Crippen molar-refractivity contribution in [3.8, 4) is 0 Å². The van der Waals surface area contributed by atoms with Crippen LogP contribution in [-0.2, 0) is 4.79 Å². The van der Waals surface area contributed by atoms with E-state index in [2.05, 4.69) is 9.97 Å². The molecule has 4 nitrogen and oxygen atoms in total. The number of carbonyl (C=O) groups excluding carboxylic acids is 1. The number of hydrogen-bond donors (Lipinski definition) is 0. The van der Waals surface area contributed by atoms with Gasteiger partial charge in [0.25, 0.3) is 0 Å². The summed E-state index contributed by atoms with van der Waals surface area (Å²) < 4.78 is 12.4. The van der Waals surface area contributed by atoms with Crippen LogP contribution in [0.15, 0.2) is 23.6 Å². The van der Waals surface area contributed by atoms with Gasteiger partial charge < -0.3 is 9.90 Å². The van der Waals surface area contributed by atoms with E-state index >= 15 is 0 Å². The lowest BCUT2D eigenvalue weighted by Crippen LogP contribution is -2.30. The second-order valence-corrected chi connectivity index (χ2v) is 2.80. The first-order chi connectivity index (χ1) is 5.70. The van der Waals surface area contributed by atoms with Crippen molar-refractivity contribution in [3.05, 3.63) is 18.5 Å². The van der Waals surface area contributed by atoms with E-state index < -0.39 is 11.5 Å². The van der Waals surface area contributed by atoms with Crippen LogP contribution in [-0.4, -0.2) is 21.4 Å². The van der Waals surface area contributed by atoms with Gasteiger partial charge in [-0.05, 0) is 17.8 Å². The molecule has 0 spiro atoms. The van der Waals surface area contributed by atoms with Crippen LogP contribution in [0.2, 0.25) is 0 Å². The lowest BCUT2D eigenvalue weighted by molar-refractivity contribution is -0.308. The fourth-order valence-corrected chi connectivity index (χ4v) is 1.01. The van der Waals surface area contributed by atoms with Crippen LogP contribution >= 0.6 is 11.8 Å². The Kier molecular flexibility index (Phi) is 2.98. The minimum absolute atomic E-state index is 0.0780. The highest BCUT2D eigenvalue weighted by molar-refractivity contribution is 8.00. The molecule has 6 heteroatoms. The second-order valence-electron chi connectivity index (χ2n) is 1.78. The molecule has 64 valence electrons. The number of carbonyl (C=O) groups is 1. The molecule has 0 aliphatic carbocycles. The van der Waals surface area contributed by atoms with E-state index in [0.29, 0.717) is 11.8 Å². The van der Waals surface area contributed by atoms with Crippen molar-refractivity contribution < 1.29 is 14.3 Å². The van der Waals surface area contributed by atoms with Gasteiger partial charge in [0.15, 0.2) is 10.7 Å². The van der Waals surface area contributed by atoms with E-state index in [-0.39, 0.29) is 5.16 Å². The number of carboxylic acids is 1. The standard InChI is InChI=1S/C6H5FN2O2S/c7-4(5(10)11)12-6-8-2-1-3-9-6/h1-4H,(H,10,11)/p-1/t4-/m1/s1. The van der Waals surface area contributed by atoms with E-state index in [1.807, 2.05) is 0 Å². The Morgan fingerprint density at radius 3 is 2.67 bits per heavy atom. The molecule has 0 aliphatic heterocycles. The molecule has 12 heavy (non-hydrogen) atoms. The van der Waals surface area contributed by atoms with Crippen LogP contribution in [0.4, 0.5) is 4.39 Å². The lowest BCUT2D eigenvalue weighted by Gasteiger charge is -2.05. The van der Waals surface area contributed by atoms with Crippen LogP contribution in [0.25, 0.3) is 0 Å². The first-order valence-corrected chi connectivity index (χ1v) is 3.86. The molecule has 0 amide bonds. The Balaban J connectivity index is 2.58. The van der Waals surface area contributed by atoms with E-state index in [0.717, 1.165) is 0 Å². The summed E-state index contributed by atoms with van der Waals surface area (Å²) in [6.45, 7) is 0. The SMILES string of the molecule is O=C([O-])[C@H](F)Sc1ncccn1. The van der Waals surface area contributed by atoms with Gasteiger partial charge in [-0.1, -0.05) is 0 Å². The van der Waals surface area contributed by atoms with Crippen molar-refractivity contribution in [1.29, 1.82) is 0 Å². The zero-order chi connectivity index (χ0) is 8.97. The highest BCUT2D eigenvalue weighted by Crippen LogP contribution is 2.18. The van der Waals surface area contributed by atoms with Gasteiger partial charge in [-0.3, -0.25) is 0 Å². The molecule has 0 bridgehead atoms. The largest absolute Gasteiger partial charge is 0.546 e. The Bertz CT molecular complexity index is 270. The molecular formula is C6H4FN2O2S-. The quantitative estimate of drug-likeness (QED) is 0.476. The Labute approximate surface area is 71.8 Å². The average molecular weight is 187 g/mol. The van der Waals surface area contributed by atoms with Crippen molar-refractivity contribution in [2.45, 2.75) is 10.7 Å². The van der Waals surface area contributed by atoms with Gasteiger partial charge in [0.2, 0.25) is 0 Å². The summed E-state index contributed by atoms with van der Waals surface area (Å²) in [6, 6.07) is 1.55. The number of thioether (sulfide) groups is 1. The smallest absolute Gasteiger partial charge is 0.192 e. The Hall–Kier alpha value is -1.17. The Morgan fingerprint density at radius 2 is 2.17 bits per heavy atom. The zero-order valence-electron chi connectivity index (χ0n) is 5.81. The monoisotopic (exact) mass is 187 g/mol. The number of hydrogen-bond acceptors (Lipinski definition) is 5. The summed E-state index contributed by atoms with van der Waals surface area (Å²) >= 11 is 0.401. The molecule has 0 saturated heterocycles. The molecule has 0 fully saturated rings. The normalized spacial score (nSPS) is 12.4. The fraction of sp³-hybridized carbons (Fsp3) is 0.167. The van der Waals surface area contributed by atoms with Crippen LogP contribution < -0.4 is 5.11 Å². The van der Waals surface area contributed by atoms with E-state index in [1.165, 1.54) is 12.4 Å². The fourth-order valence-electron chi connectivity index (χ4n) is 0.487. The lowest BCUT2D eigenvalue weighted by atomic mass is 10.7. The first-order valence-electron chi connectivity index (χ1n) is 2.99. The molecule has 0 aromatic carbocycles. The predicted molar refractivity (Wildman–Crippen MR) is 37.8 cm³/mol. The summed E-state index contributed by atoms with van der Waals surface area (Å²) in [4.78, 5) is 17.2. The molecular weight excluding hydrogens is 183 g/mol. The predicted octanol–water partition coefficient (Wildman–Crippen LogP) is -0.386. The highest BCUT2D eigenvalue weighted by atomic mass is 32.2. The average Bonchev–Trinajstić information content (AvgIpc) is 2.06. The van der Waals surface area contributed by atoms with Crippen molar-refractivity contribution in [1.82, 2.24) is 9.97 Å². The van der Waals surface area contributed by atoms with Gasteiger partial charge in [-0.2, -0.15) is 0 Å². The van der Waals surface area contributed by atoms with Crippen LogP contribution in [0.1, 0.15) is 0 Å². The van der Waals surface area contributed by atoms with Gasteiger partial charge in [-0.15, -0.1) is 0 Å². The molecule has 1 heterocycles. The summed E-state index contributed by atoms with van der Waals surface area (Å²) in [6.07, 6.45) is 2.80. The first kappa shape index (κ1) is 8.92. The van der Waals surface area contributed by atoms with Gasteiger partial charge in [-0.25, -0.2) is 14.4 Å². The highest BCUT2D eigenvalue weighted by Gasteiger charge is 2.10. The summed E-state index contributed by atoms with van der Waals surface area (Å²) in [7, 11) is 0. The number of carboxylic acid groups (broad SMARTS) is 1. The van der Waals surface area contributed by atoms with E-state index in [9.17, 15) is 14.3 Å². The maximum atomic E-state index is 12.4. The zero-order valence-corrected chi connectivity index (χ0v) is 6.62. The molecule has 1 aromatic rings. The van der Waals surface area contributed by atoms with Crippen LogP contribution in [0, 0.1) is 0 Å². The number of halogens is 1. The van der Waals surface area contributed by atoms with Gasteiger partial charge in [0.1, 0.15) is 0 Å². The van der Waals surface area contributed by atoms with Crippen molar-refractivity contribution in [3.63, 3.8) is 0 Å². The molecule has 0 unspecified atom stereocenters. The maximum absolute atomic E-state index is 12.4. The van der Waals surface area contributed by atoms with Crippen LogP contribution in [0.5, 0.6) is 0 Å². The molecule has 0 aliphatic rings. The van der Waals surface area contributed by atoms with Crippen molar-refractivity contribution in [2.24, 2.45) is 0 Å². The van der Waals surface area contributed by atoms with Gasteiger partial charge in [0, 0.05) is 12.4 Å². The maximum Gasteiger partial charge on any atom is 0.192 e. The Morgan fingerprint density at radius 1 is 1.58 bits per heavy atom. The van der Waals surface area contributed by atoms with E-state index in [4.69, 9.17) is 0 Å². The minimum Gasteiger partial charge on any atom is -0.546 e. The van der Waals surface area contributed by atoms with Crippen LogP contribution in [0.3, 0.4) is 0 Å². The molecule has 1 atom stereocenters. The number of alkyl halides is 1. The second kappa shape index (κ2) is 4.01. The third-order valence-electron chi connectivity index (χ3n) is 0.936. The molecule has 0 saturated carbocycles. The van der Waals surface area contributed by atoms with Crippen molar-refractivity contribution >= 4 is 17.7 Å². The third-order valence-corrected chi connectivity index (χ3v) is 1.76. The summed E-state index contributed by atoms with van der Waals surface area (Å²) in [5, 5.41) is 10.0. The molecule has 0 N–H and O–H groups in total. The third kappa shape index (κ3) is 2.46.